The van der Waals surface area contributed by atoms with Crippen LogP contribution in [0, 0.1) is 0 Å². The van der Waals surface area contributed by atoms with E-state index in [-0.39, 0.29) is 0 Å². The molecule has 1 atom stereocenters. The molecule has 1 fully saturated rings. The summed E-state index contributed by atoms with van der Waals surface area (Å²) in [5.74, 6) is 0. The Morgan fingerprint density at radius 3 is 3.19 bits per heavy atom. The molecule has 1 aromatic rings. The van der Waals surface area contributed by atoms with Gasteiger partial charge in [-0.3, -0.25) is 4.98 Å². The van der Waals surface area contributed by atoms with Crippen molar-refractivity contribution in [3.63, 3.8) is 0 Å². The fourth-order valence-electron chi connectivity index (χ4n) is 2.07. The molecule has 0 radical (unpaired) electrons. The first-order valence-electron chi connectivity index (χ1n) is 6.15. The van der Waals surface area contributed by atoms with Crippen molar-refractivity contribution < 1.29 is 4.74 Å². The topological polar surface area (TPSA) is 34.1 Å². The molecule has 1 saturated heterocycles. The van der Waals surface area contributed by atoms with Crippen molar-refractivity contribution in [2.45, 2.75) is 38.3 Å². The number of piperidine rings is 1. The molecule has 1 N–H and O–H groups in total. The predicted molar refractivity (Wildman–Crippen MR) is 64.2 cm³/mol. The van der Waals surface area contributed by atoms with Crippen LogP contribution in [0.15, 0.2) is 24.5 Å². The van der Waals surface area contributed by atoms with Crippen molar-refractivity contribution in [1.82, 2.24) is 10.3 Å². The van der Waals surface area contributed by atoms with Gasteiger partial charge in [0.15, 0.2) is 0 Å². The minimum atomic E-state index is 0.669. The number of rotatable bonds is 5. The summed E-state index contributed by atoms with van der Waals surface area (Å²) in [5.41, 5.74) is 1.15. The second kappa shape index (κ2) is 6.61. The van der Waals surface area contributed by atoms with Gasteiger partial charge in [-0.05, 0) is 37.4 Å². The van der Waals surface area contributed by atoms with Crippen LogP contribution in [-0.2, 0) is 11.3 Å². The van der Waals surface area contributed by atoms with Crippen LogP contribution >= 0.6 is 0 Å². The van der Waals surface area contributed by atoms with Crippen molar-refractivity contribution in [3.05, 3.63) is 30.1 Å². The lowest BCUT2D eigenvalue weighted by atomic mass is 10.0. The molecule has 88 valence electrons. The van der Waals surface area contributed by atoms with E-state index in [0.29, 0.717) is 12.6 Å². The number of hydrogen-bond acceptors (Lipinski definition) is 3. The summed E-state index contributed by atoms with van der Waals surface area (Å²) in [4.78, 5) is 4.06. The molecule has 0 saturated carbocycles. The predicted octanol–water partition coefficient (Wildman–Crippen LogP) is 2.13. The number of aromatic nitrogens is 1. The lowest BCUT2D eigenvalue weighted by molar-refractivity contribution is 0.108. The number of nitrogens with one attached hydrogen (secondary N) is 1. The Kier molecular flexibility index (Phi) is 4.77. The molecule has 2 rings (SSSR count). The highest BCUT2D eigenvalue weighted by Gasteiger charge is 2.11. The molecule has 3 heteroatoms. The van der Waals surface area contributed by atoms with Crippen molar-refractivity contribution in [3.8, 4) is 0 Å². The fraction of sp³-hybridized carbons (Fsp3) is 0.615. The summed E-state index contributed by atoms with van der Waals surface area (Å²) >= 11 is 0. The first kappa shape index (κ1) is 11.6. The Balaban J connectivity index is 1.58. The van der Waals surface area contributed by atoms with Gasteiger partial charge in [-0.1, -0.05) is 12.5 Å². The van der Waals surface area contributed by atoms with Crippen LogP contribution in [0.5, 0.6) is 0 Å². The van der Waals surface area contributed by atoms with E-state index >= 15 is 0 Å². The first-order valence-corrected chi connectivity index (χ1v) is 6.15. The second-order valence-corrected chi connectivity index (χ2v) is 4.35. The fourth-order valence-corrected chi connectivity index (χ4v) is 2.07. The molecule has 0 aliphatic carbocycles. The molecule has 1 aliphatic heterocycles. The second-order valence-electron chi connectivity index (χ2n) is 4.35. The van der Waals surface area contributed by atoms with Gasteiger partial charge in [0.2, 0.25) is 0 Å². The van der Waals surface area contributed by atoms with Crippen molar-refractivity contribution in [1.29, 1.82) is 0 Å². The van der Waals surface area contributed by atoms with E-state index in [1.54, 1.807) is 6.20 Å². The van der Waals surface area contributed by atoms with E-state index < -0.39 is 0 Å². The molecule has 0 bridgehead atoms. The SMILES string of the molecule is c1cncc(COCC[C@H]2CCCCN2)c1. The molecule has 0 amide bonds. The Hall–Kier alpha value is -0.930. The Labute approximate surface area is 97.2 Å². The third kappa shape index (κ3) is 3.91. The number of pyridine rings is 1. The van der Waals surface area contributed by atoms with Crippen LogP contribution in [0.25, 0.3) is 0 Å². The average molecular weight is 220 g/mol. The average Bonchev–Trinajstić information content (AvgIpc) is 2.37. The normalized spacial score (nSPS) is 20.9. The van der Waals surface area contributed by atoms with Crippen molar-refractivity contribution in [2.75, 3.05) is 13.2 Å². The maximum atomic E-state index is 5.64. The molecule has 1 aromatic heterocycles. The molecule has 1 aliphatic rings. The monoisotopic (exact) mass is 220 g/mol. The highest BCUT2D eigenvalue weighted by atomic mass is 16.5. The van der Waals surface area contributed by atoms with Gasteiger partial charge in [-0.15, -0.1) is 0 Å². The molecular weight excluding hydrogens is 200 g/mol. The molecule has 0 spiro atoms. The molecule has 0 unspecified atom stereocenters. The molecule has 3 nitrogen and oxygen atoms in total. The lowest BCUT2D eigenvalue weighted by Crippen LogP contribution is -2.34. The molecular formula is C13H20N2O. The summed E-state index contributed by atoms with van der Waals surface area (Å²) in [6, 6.07) is 4.66. The number of nitrogens with zero attached hydrogens (tertiary/aromatic N) is 1. The van der Waals surface area contributed by atoms with Gasteiger partial charge in [0.1, 0.15) is 0 Å². The van der Waals surface area contributed by atoms with E-state index in [1.165, 1.54) is 25.8 Å². The van der Waals surface area contributed by atoms with E-state index in [1.807, 2.05) is 18.3 Å². The summed E-state index contributed by atoms with van der Waals surface area (Å²) in [5, 5.41) is 3.53. The van der Waals surface area contributed by atoms with Gasteiger partial charge in [0.25, 0.3) is 0 Å². The zero-order valence-electron chi connectivity index (χ0n) is 9.69. The van der Waals surface area contributed by atoms with Crippen LogP contribution in [0.3, 0.4) is 0 Å². The van der Waals surface area contributed by atoms with Crippen molar-refractivity contribution in [2.24, 2.45) is 0 Å². The Morgan fingerprint density at radius 1 is 1.44 bits per heavy atom. The zero-order valence-corrected chi connectivity index (χ0v) is 9.69. The highest BCUT2D eigenvalue weighted by Crippen LogP contribution is 2.10. The smallest absolute Gasteiger partial charge is 0.0731 e. The van der Waals surface area contributed by atoms with Gasteiger partial charge in [0.05, 0.1) is 6.61 Å². The number of ether oxygens (including phenoxy) is 1. The van der Waals surface area contributed by atoms with Crippen LogP contribution in [0.4, 0.5) is 0 Å². The van der Waals surface area contributed by atoms with Crippen molar-refractivity contribution >= 4 is 0 Å². The van der Waals surface area contributed by atoms with E-state index in [2.05, 4.69) is 10.3 Å². The molecule has 2 heterocycles. The summed E-state index contributed by atoms with van der Waals surface area (Å²) in [6.07, 6.45) is 8.76. The summed E-state index contributed by atoms with van der Waals surface area (Å²) in [6.45, 7) is 2.69. The lowest BCUT2D eigenvalue weighted by Gasteiger charge is -2.23. The van der Waals surface area contributed by atoms with Gasteiger partial charge < -0.3 is 10.1 Å². The minimum absolute atomic E-state index is 0.669. The maximum absolute atomic E-state index is 5.64. The van der Waals surface area contributed by atoms with Crippen LogP contribution in [0.2, 0.25) is 0 Å². The third-order valence-corrected chi connectivity index (χ3v) is 3.01. The van der Waals surface area contributed by atoms with Crippen LogP contribution in [-0.4, -0.2) is 24.2 Å². The van der Waals surface area contributed by atoms with Gasteiger partial charge in [0, 0.05) is 25.0 Å². The van der Waals surface area contributed by atoms with Crippen LogP contribution < -0.4 is 5.32 Å². The summed E-state index contributed by atoms with van der Waals surface area (Å²) in [7, 11) is 0. The maximum Gasteiger partial charge on any atom is 0.0731 e. The number of hydrogen-bond donors (Lipinski definition) is 1. The quantitative estimate of drug-likeness (QED) is 0.772. The Morgan fingerprint density at radius 2 is 2.44 bits per heavy atom. The highest BCUT2D eigenvalue weighted by molar-refractivity contribution is 5.06. The van der Waals surface area contributed by atoms with Crippen LogP contribution in [0.1, 0.15) is 31.2 Å². The standard InChI is InChI=1S/C13H20N2O/c1-2-8-15-13(5-1)6-9-16-11-12-4-3-7-14-10-12/h3-4,7,10,13,15H,1-2,5-6,8-9,11H2/t13-/m1/s1. The molecule has 0 aromatic carbocycles. The van der Waals surface area contributed by atoms with E-state index in [4.69, 9.17) is 4.74 Å². The Bertz CT molecular complexity index is 283. The third-order valence-electron chi connectivity index (χ3n) is 3.01. The minimum Gasteiger partial charge on any atom is -0.377 e. The van der Waals surface area contributed by atoms with Gasteiger partial charge in [-0.2, -0.15) is 0 Å². The summed E-state index contributed by atoms with van der Waals surface area (Å²) < 4.78 is 5.64. The first-order chi connectivity index (χ1) is 7.95. The van der Waals surface area contributed by atoms with E-state index in [9.17, 15) is 0 Å². The largest absolute Gasteiger partial charge is 0.377 e. The van der Waals surface area contributed by atoms with Gasteiger partial charge >= 0.3 is 0 Å². The van der Waals surface area contributed by atoms with Gasteiger partial charge in [-0.25, -0.2) is 0 Å². The molecule has 16 heavy (non-hydrogen) atoms. The van der Waals surface area contributed by atoms with E-state index in [0.717, 1.165) is 18.6 Å². The zero-order chi connectivity index (χ0) is 11.1.